The molecular formula is C16H23ClO3S. The molecular weight excluding hydrogens is 308 g/mol. The number of rotatable bonds is 4. The van der Waals surface area contributed by atoms with Crippen molar-refractivity contribution in [2.75, 3.05) is 12.4 Å². The van der Waals surface area contributed by atoms with Crippen molar-refractivity contribution in [2.24, 2.45) is 11.8 Å². The normalized spacial score (nSPS) is 27.0. The summed E-state index contributed by atoms with van der Waals surface area (Å²) in [6.45, 7) is 8.23. The van der Waals surface area contributed by atoms with Crippen LogP contribution < -0.4 is 0 Å². The second-order valence-corrected chi connectivity index (χ2v) is 9.48. The largest absolute Gasteiger partial charge is 0.378 e. The number of hydrogen-bond acceptors (Lipinski definition) is 3. The molecule has 2 rings (SSSR count). The molecule has 0 aliphatic carbocycles. The van der Waals surface area contributed by atoms with Crippen molar-refractivity contribution in [2.45, 2.75) is 43.6 Å². The third-order valence-corrected chi connectivity index (χ3v) is 6.43. The standard InChI is InChI=1S/C16H23ClO3S/c1-11-5-7-13(8-6-11)21(18,19)10-14-12(2)20-9-15(14)16(3,4)17/h5-8,12,14-15H,9-10H2,1-4H3/t12-,14-,15-/m1/s1. The van der Waals surface area contributed by atoms with Crippen LogP contribution in [-0.4, -0.2) is 31.8 Å². The van der Waals surface area contributed by atoms with E-state index in [0.29, 0.717) is 11.5 Å². The molecule has 5 heteroatoms. The van der Waals surface area contributed by atoms with Gasteiger partial charge in [-0.25, -0.2) is 8.42 Å². The summed E-state index contributed by atoms with van der Waals surface area (Å²) < 4.78 is 30.9. The first-order valence-electron chi connectivity index (χ1n) is 7.21. The molecule has 0 unspecified atom stereocenters. The zero-order valence-corrected chi connectivity index (χ0v) is 14.5. The summed E-state index contributed by atoms with van der Waals surface area (Å²) in [4.78, 5) is -0.101. The van der Waals surface area contributed by atoms with Crippen molar-refractivity contribution >= 4 is 21.4 Å². The van der Waals surface area contributed by atoms with Crippen LogP contribution in [0.15, 0.2) is 29.2 Å². The van der Waals surface area contributed by atoms with Gasteiger partial charge < -0.3 is 4.74 Å². The van der Waals surface area contributed by atoms with E-state index >= 15 is 0 Å². The van der Waals surface area contributed by atoms with Crippen molar-refractivity contribution in [1.29, 1.82) is 0 Å². The summed E-state index contributed by atoms with van der Waals surface area (Å²) in [5, 5.41) is 0. The molecule has 0 saturated carbocycles. The van der Waals surface area contributed by atoms with E-state index < -0.39 is 14.7 Å². The summed E-state index contributed by atoms with van der Waals surface area (Å²) in [6, 6.07) is 6.99. The molecule has 3 nitrogen and oxygen atoms in total. The minimum Gasteiger partial charge on any atom is -0.378 e. The lowest BCUT2D eigenvalue weighted by Gasteiger charge is -2.29. The van der Waals surface area contributed by atoms with Gasteiger partial charge >= 0.3 is 0 Å². The molecule has 1 aliphatic heterocycles. The number of aryl methyl sites for hydroxylation is 1. The van der Waals surface area contributed by atoms with Gasteiger partial charge in [-0.1, -0.05) is 17.7 Å². The highest BCUT2D eigenvalue weighted by molar-refractivity contribution is 7.91. The maximum atomic E-state index is 12.6. The average Bonchev–Trinajstić information content (AvgIpc) is 2.70. The lowest BCUT2D eigenvalue weighted by atomic mass is 9.84. The van der Waals surface area contributed by atoms with Gasteiger partial charge in [0.25, 0.3) is 0 Å². The molecule has 0 bridgehead atoms. The van der Waals surface area contributed by atoms with E-state index in [1.165, 1.54) is 0 Å². The topological polar surface area (TPSA) is 43.4 Å². The molecule has 0 amide bonds. The van der Waals surface area contributed by atoms with E-state index in [9.17, 15) is 8.42 Å². The first kappa shape index (κ1) is 16.8. The van der Waals surface area contributed by atoms with Crippen molar-refractivity contribution < 1.29 is 13.2 Å². The molecule has 1 fully saturated rings. The average molecular weight is 331 g/mol. The number of ether oxygens (including phenoxy) is 1. The molecule has 1 aromatic carbocycles. The molecule has 0 aromatic heterocycles. The van der Waals surface area contributed by atoms with E-state index in [-0.39, 0.29) is 23.7 Å². The fraction of sp³-hybridized carbons (Fsp3) is 0.625. The van der Waals surface area contributed by atoms with Gasteiger partial charge in [-0.15, -0.1) is 11.6 Å². The Morgan fingerprint density at radius 2 is 1.86 bits per heavy atom. The summed E-state index contributed by atoms with van der Waals surface area (Å²) in [5.74, 6) is 0.0381. The number of benzene rings is 1. The van der Waals surface area contributed by atoms with Crippen LogP contribution in [0.2, 0.25) is 0 Å². The SMILES string of the molecule is Cc1ccc(S(=O)(=O)C[C@H]2[C@H](C(C)(C)Cl)CO[C@@H]2C)cc1. The van der Waals surface area contributed by atoms with E-state index in [0.717, 1.165) is 5.56 Å². The lowest BCUT2D eigenvalue weighted by Crippen LogP contribution is -2.36. The maximum absolute atomic E-state index is 12.6. The van der Waals surface area contributed by atoms with Crippen molar-refractivity contribution in [3.05, 3.63) is 29.8 Å². The molecule has 0 N–H and O–H groups in total. The highest BCUT2D eigenvalue weighted by Crippen LogP contribution is 2.39. The summed E-state index contributed by atoms with van der Waals surface area (Å²) in [5.41, 5.74) is 1.05. The molecule has 21 heavy (non-hydrogen) atoms. The Balaban J connectivity index is 2.24. The fourth-order valence-electron chi connectivity index (χ4n) is 2.88. The number of halogens is 1. The van der Waals surface area contributed by atoms with E-state index in [4.69, 9.17) is 16.3 Å². The van der Waals surface area contributed by atoms with Crippen molar-refractivity contribution in [3.63, 3.8) is 0 Å². The molecule has 0 spiro atoms. The van der Waals surface area contributed by atoms with Crippen LogP contribution in [0.1, 0.15) is 26.3 Å². The second kappa shape index (κ2) is 5.90. The Bertz CT molecular complexity index is 587. The molecule has 118 valence electrons. The monoisotopic (exact) mass is 330 g/mol. The third kappa shape index (κ3) is 3.79. The van der Waals surface area contributed by atoms with Crippen LogP contribution >= 0.6 is 11.6 Å². The minimum atomic E-state index is -3.33. The Kier molecular flexibility index (Phi) is 4.72. The highest BCUT2D eigenvalue weighted by atomic mass is 35.5. The van der Waals surface area contributed by atoms with Crippen LogP contribution in [0.25, 0.3) is 0 Å². The number of hydrogen-bond donors (Lipinski definition) is 0. The zero-order valence-electron chi connectivity index (χ0n) is 13.0. The van der Waals surface area contributed by atoms with E-state index in [1.807, 2.05) is 39.8 Å². The van der Waals surface area contributed by atoms with Gasteiger partial charge in [0.2, 0.25) is 0 Å². The van der Waals surface area contributed by atoms with Gasteiger partial charge in [0.1, 0.15) is 0 Å². The first-order chi connectivity index (χ1) is 9.61. The summed E-state index contributed by atoms with van der Waals surface area (Å²) in [6.07, 6.45) is -0.0896. The quantitative estimate of drug-likeness (QED) is 0.794. The predicted molar refractivity (Wildman–Crippen MR) is 85.6 cm³/mol. The van der Waals surface area contributed by atoms with Crippen LogP contribution in [0, 0.1) is 18.8 Å². The number of sulfone groups is 1. The van der Waals surface area contributed by atoms with Crippen LogP contribution in [0.5, 0.6) is 0 Å². The molecule has 1 aliphatic rings. The Morgan fingerprint density at radius 3 is 2.38 bits per heavy atom. The van der Waals surface area contributed by atoms with Crippen LogP contribution in [-0.2, 0) is 14.6 Å². The smallest absolute Gasteiger partial charge is 0.178 e. The maximum Gasteiger partial charge on any atom is 0.178 e. The van der Waals surface area contributed by atoms with Gasteiger partial charge in [0.15, 0.2) is 9.84 Å². The molecule has 1 heterocycles. The molecule has 1 saturated heterocycles. The zero-order chi connectivity index (χ0) is 15.8. The fourth-order valence-corrected chi connectivity index (χ4v) is 4.86. The Hall–Kier alpha value is -0.580. The van der Waals surface area contributed by atoms with Gasteiger partial charge in [-0.3, -0.25) is 0 Å². The van der Waals surface area contributed by atoms with Crippen LogP contribution in [0.3, 0.4) is 0 Å². The Morgan fingerprint density at radius 1 is 1.29 bits per heavy atom. The van der Waals surface area contributed by atoms with E-state index in [1.54, 1.807) is 12.1 Å². The van der Waals surface area contributed by atoms with Gasteiger partial charge in [0.05, 0.1) is 23.4 Å². The van der Waals surface area contributed by atoms with Gasteiger partial charge in [0, 0.05) is 16.7 Å². The second-order valence-electron chi connectivity index (χ2n) is 6.47. The molecule has 3 atom stereocenters. The Labute approximate surface area is 132 Å². The molecule has 0 radical (unpaired) electrons. The summed E-state index contributed by atoms with van der Waals surface area (Å²) >= 11 is 6.42. The third-order valence-electron chi connectivity index (χ3n) is 4.33. The van der Waals surface area contributed by atoms with Crippen molar-refractivity contribution in [1.82, 2.24) is 0 Å². The lowest BCUT2D eigenvalue weighted by molar-refractivity contribution is 0.107. The first-order valence-corrected chi connectivity index (χ1v) is 9.24. The summed E-state index contributed by atoms with van der Waals surface area (Å²) in [7, 11) is -3.33. The van der Waals surface area contributed by atoms with E-state index in [2.05, 4.69) is 0 Å². The molecule has 1 aromatic rings. The van der Waals surface area contributed by atoms with Gasteiger partial charge in [-0.05, 0) is 39.8 Å². The minimum absolute atomic E-state index is 0.0365. The van der Waals surface area contributed by atoms with Crippen molar-refractivity contribution in [3.8, 4) is 0 Å². The van der Waals surface area contributed by atoms with Gasteiger partial charge in [-0.2, -0.15) is 0 Å². The van der Waals surface area contributed by atoms with Crippen LogP contribution in [0.4, 0.5) is 0 Å². The highest BCUT2D eigenvalue weighted by Gasteiger charge is 2.44. The number of alkyl halides is 1. The predicted octanol–water partition coefficient (Wildman–Crippen LogP) is 3.44.